The number of nitrogens with one attached hydrogen (secondary N) is 2. The Kier molecular flexibility index (Phi) is 9.65. The van der Waals surface area contributed by atoms with E-state index in [-0.39, 0.29) is 5.75 Å². The van der Waals surface area contributed by atoms with Gasteiger partial charge in [0.05, 0.1) is 0 Å². The van der Waals surface area contributed by atoms with Crippen LogP contribution in [0.4, 0.5) is 11.4 Å². The molecule has 0 heterocycles. The van der Waals surface area contributed by atoms with E-state index >= 15 is 0 Å². The number of hydrogen-bond acceptors (Lipinski definition) is 5. The molecule has 0 saturated carbocycles. The van der Waals surface area contributed by atoms with Gasteiger partial charge in [0.2, 0.25) is 0 Å². The van der Waals surface area contributed by atoms with Crippen LogP contribution in [0.5, 0.6) is 5.75 Å². The van der Waals surface area contributed by atoms with Crippen molar-refractivity contribution in [3.05, 3.63) is 53.6 Å². The number of rotatable bonds is 9. The van der Waals surface area contributed by atoms with Crippen molar-refractivity contribution in [2.45, 2.75) is 13.2 Å². The summed E-state index contributed by atoms with van der Waals surface area (Å²) in [6, 6.07) is 13.7. The zero-order chi connectivity index (χ0) is 16.5. The number of ether oxygens (including phenoxy) is 2. The number of anilines is 2. The molecule has 0 fully saturated rings. The van der Waals surface area contributed by atoms with Gasteiger partial charge >= 0.3 is 193 Å². The van der Waals surface area contributed by atoms with Gasteiger partial charge in [-0.05, 0) is 0 Å². The summed E-state index contributed by atoms with van der Waals surface area (Å²) in [6.07, 6.45) is 0. The van der Waals surface area contributed by atoms with Crippen molar-refractivity contribution >= 4 is 11.4 Å². The van der Waals surface area contributed by atoms with Crippen LogP contribution in [-0.4, -0.2) is 9.36 Å². The molecule has 0 amide bonds. The molecule has 0 aromatic heterocycles. The first-order valence-electron chi connectivity index (χ1n) is 7.11. The van der Waals surface area contributed by atoms with Crippen molar-refractivity contribution in [3.8, 4) is 5.75 Å². The summed E-state index contributed by atoms with van der Waals surface area (Å²) in [5.41, 5.74) is 9.69. The van der Waals surface area contributed by atoms with Crippen LogP contribution in [0.15, 0.2) is 42.5 Å². The Bertz CT molecular complexity index is 583. The molecule has 5 nitrogen and oxygen atoms in total. The van der Waals surface area contributed by atoms with Crippen molar-refractivity contribution < 1.29 is 93.9 Å². The molecule has 118 valence electrons. The van der Waals surface area contributed by atoms with E-state index in [0.717, 1.165) is 106 Å². The average molecular weight is 567 g/mol. The molecule has 0 bridgehead atoms. The molecule has 0 aliphatic heterocycles. The number of para-hydroxylation sites is 1. The van der Waals surface area contributed by atoms with Crippen LogP contribution in [0.2, 0.25) is 0 Å². The second-order valence-corrected chi connectivity index (χ2v) is 6.56. The SMILES string of the molecule is Oc1c(CO[CH2][Ce])cc(NNc2ccccc2)cc1CO[CH2][Ce]. The Hall–Kier alpha value is 0.513. The first kappa shape index (κ1) is 19.8. The predicted octanol–water partition coefficient (Wildman–Crippen LogP) is 2.88. The molecule has 3 N–H and O–H groups in total. The minimum absolute atomic E-state index is 0.264. The Morgan fingerprint density at radius 2 is 1.35 bits per heavy atom. The molecule has 0 saturated heterocycles. The molecule has 0 spiro atoms. The number of hydrazine groups is 1. The summed E-state index contributed by atoms with van der Waals surface area (Å²) in [7, 11) is 0. The van der Waals surface area contributed by atoms with Crippen LogP contribution in [0.1, 0.15) is 11.1 Å². The van der Waals surface area contributed by atoms with E-state index in [1.54, 1.807) is 0 Å². The van der Waals surface area contributed by atoms with Crippen molar-refractivity contribution in [2.75, 3.05) is 15.1 Å². The standard InChI is InChI=1S/C16H18N2O3.2Ce/c1-20-10-12-8-15(9-13(11-21-2)16(12)19)18-17-14-6-4-3-5-7-14;;/h3-9,17-19H,1-2,10-11H2;;. The van der Waals surface area contributed by atoms with Crippen LogP contribution in [0, 0.1) is 79.3 Å². The molecule has 23 heavy (non-hydrogen) atoms. The Balaban J connectivity index is 2.16. The van der Waals surface area contributed by atoms with Gasteiger partial charge in [0.1, 0.15) is 0 Å². The fourth-order valence-electron chi connectivity index (χ4n) is 2.04. The van der Waals surface area contributed by atoms with Gasteiger partial charge in [0.15, 0.2) is 0 Å². The fraction of sp³-hybridized carbons (Fsp3) is 0.250. The van der Waals surface area contributed by atoms with Crippen LogP contribution < -0.4 is 10.9 Å². The minimum atomic E-state index is 0.264. The Morgan fingerprint density at radius 3 is 1.87 bits per heavy atom. The van der Waals surface area contributed by atoms with E-state index in [1.807, 2.05) is 42.5 Å². The van der Waals surface area contributed by atoms with E-state index < -0.39 is 0 Å². The Labute approximate surface area is 190 Å². The summed E-state index contributed by atoms with van der Waals surface area (Å²) in [6.45, 7) is 0.814. The van der Waals surface area contributed by atoms with Crippen molar-refractivity contribution in [3.63, 3.8) is 0 Å². The third kappa shape index (κ3) is 6.73. The first-order chi connectivity index (χ1) is 11.2. The monoisotopic (exact) mass is 566 g/mol. The van der Waals surface area contributed by atoms with Gasteiger partial charge in [-0.2, -0.15) is 0 Å². The van der Waals surface area contributed by atoms with Gasteiger partial charge in [0, 0.05) is 0 Å². The Morgan fingerprint density at radius 1 is 0.826 bits per heavy atom. The van der Waals surface area contributed by atoms with Gasteiger partial charge in [-0.1, -0.05) is 0 Å². The molecule has 0 radical (unpaired) electrons. The fourth-order valence-corrected chi connectivity index (χ4v) is 2.68. The molecule has 0 unspecified atom stereocenters. The van der Waals surface area contributed by atoms with Gasteiger partial charge in [0.25, 0.3) is 0 Å². The summed E-state index contributed by atoms with van der Waals surface area (Å²) >= 11 is 1.96. The van der Waals surface area contributed by atoms with Crippen LogP contribution in [0.3, 0.4) is 0 Å². The van der Waals surface area contributed by atoms with Gasteiger partial charge in [-0.3, -0.25) is 0 Å². The van der Waals surface area contributed by atoms with E-state index in [9.17, 15) is 5.11 Å². The second kappa shape index (κ2) is 11.2. The molecule has 0 atom stereocenters. The maximum absolute atomic E-state index is 10.4. The normalized spacial score (nSPS) is 10.3. The van der Waals surface area contributed by atoms with Crippen LogP contribution in [-0.2, 0) is 22.7 Å². The third-order valence-electron chi connectivity index (χ3n) is 3.11. The summed E-state index contributed by atoms with van der Waals surface area (Å²) in [5.74, 6) is 0.264. The van der Waals surface area contributed by atoms with E-state index in [2.05, 4.69) is 10.9 Å². The number of phenols is 1. The molecule has 2 rings (SSSR count). The van der Waals surface area contributed by atoms with E-state index in [1.165, 1.54) is 0 Å². The van der Waals surface area contributed by atoms with Gasteiger partial charge in [-0.25, -0.2) is 0 Å². The van der Waals surface area contributed by atoms with E-state index in [4.69, 9.17) is 9.47 Å². The summed E-state index contributed by atoms with van der Waals surface area (Å²) in [5, 5.41) is 10.4. The summed E-state index contributed by atoms with van der Waals surface area (Å²) in [4.78, 5) is 0. The molecule has 7 heteroatoms. The number of aromatic hydroxyl groups is 1. The van der Waals surface area contributed by atoms with Crippen LogP contribution in [0.25, 0.3) is 0 Å². The van der Waals surface area contributed by atoms with Gasteiger partial charge in [-0.15, -0.1) is 0 Å². The maximum atomic E-state index is 10.4. The first-order valence-corrected chi connectivity index (χ1v) is 11.5. The number of hydrogen-bond donors (Lipinski definition) is 3. The van der Waals surface area contributed by atoms with E-state index in [0.29, 0.717) is 13.2 Å². The molecule has 0 aliphatic rings. The topological polar surface area (TPSA) is 62.8 Å². The summed E-state index contributed by atoms with van der Waals surface area (Å²) < 4.78 is 12.5. The number of phenolic OH excluding ortho intramolecular Hbond substituents is 1. The molecule has 2 aromatic carbocycles. The zero-order valence-corrected chi connectivity index (χ0v) is 18.9. The second-order valence-electron chi connectivity index (χ2n) is 4.74. The quantitative estimate of drug-likeness (QED) is 0.322. The van der Waals surface area contributed by atoms with Crippen molar-refractivity contribution in [1.82, 2.24) is 0 Å². The molecular weight excluding hydrogens is 548 g/mol. The third-order valence-corrected chi connectivity index (χ3v) is 4.39. The molecule has 0 aliphatic carbocycles. The molecular formula is C16H18Ce2N2O3. The zero-order valence-electron chi connectivity index (χ0n) is 12.6. The van der Waals surface area contributed by atoms with Crippen molar-refractivity contribution in [2.24, 2.45) is 0 Å². The molecule has 2 aromatic rings. The number of benzene rings is 2. The van der Waals surface area contributed by atoms with Crippen LogP contribution >= 0.6 is 0 Å². The predicted molar refractivity (Wildman–Crippen MR) is 81.1 cm³/mol. The average Bonchev–Trinajstić information content (AvgIpc) is 2.59. The van der Waals surface area contributed by atoms with Gasteiger partial charge < -0.3 is 0 Å². The van der Waals surface area contributed by atoms with Crippen molar-refractivity contribution in [1.29, 1.82) is 0 Å².